The maximum absolute atomic E-state index is 12.1. The predicted octanol–water partition coefficient (Wildman–Crippen LogP) is 3.89. The van der Waals surface area contributed by atoms with Crippen LogP contribution in [0.3, 0.4) is 0 Å². The van der Waals surface area contributed by atoms with Gasteiger partial charge in [0.2, 0.25) is 0 Å². The number of amides is 1. The molecule has 25 heavy (non-hydrogen) atoms. The van der Waals surface area contributed by atoms with Crippen LogP contribution in [0, 0.1) is 0 Å². The lowest BCUT2D eigenvalue weighted by Crippen LogP contribution is -2.20. The molecule has 0 saturated heterocycles. The molecule has 1 amide bonds. The Bertz CT molecular complexity index is 740. The van der Waals surface area contributed by atoms with Gasteiger partial charge >= 0.3 is 0 Å². The molecule has 0 radical (unpaired) electrons. The minimum atomic E-state index is -0.242. The number of anilines is 1. The molecule has 132 valence electrons. The van der Waals surface area contributed by atoms with E-state index in [2.05, 4.69) is 5.32 Å². The van der Waals surface area contributed by atoms with E-state index in [9.17, 15) is 4.79 Å². The minimum Gasteiger partial charge on any atom is -0.493 e. The van der Waals surface area contributed by atoms with Crippen molar-refractivity contribution in [2.24, 2.45) is 0 Å². The van der Waals surface area contributed by atoms with Crippen molar-refractivity contribution in [3.05, 3.63) is 59.7 Å². The average molecular weight is 341 g/mol. The average Bonchev–Trinajstić information content (AvgIpc) is 2.61. The third-order valence-electron chi connectivity index (χ3n) is 3.43. The van der Waals surface area contributed by atoms with E-state index in [0.717, 1.165) is 11.1 Å². The second kappa shape index (κ2) is 9.49. The molecule has 0 aliphatic rings. The van der Waals surface area contributed by atoms with Gasteiger partial charge < -0.3 is 19.5 Å². The molecule has 0 fully saturated rings. The van der Waals surface area contributed by atoms with Gasteiger partial charge in [0.15, 0.2) is 18.1 Å². The number of allylic oxidation sites excluding steroid dienone is 1. The first kappa shape index (κ1) is 18.5. The minimum absolute atomic E-state index is 0.103. The maximum Gasteiger partial charge on any atom is 0.262 e. The molecule has 0 aliphatic carbocycles. The smallest absolute Gasteiger partial charge is 0.262 e. The van der Waals surface area contributed by atoms with Crippen molar-refractivity contribution in [2.75, 3.05) is 26.1 Å². The SMILES string of the molecule is C/C=C/c1ccc(OCC(=O)Nc2cccc(COC)c2)c(OC)c1. The number of hydrogen-bond donors (Lipinski definition) is 1. The third kappa shape index (κ3) is 5.65. The fraction of sp³-hybridized carbons (Fsp3) is 0.250. The molecule has 2 aromatic rings. The van der Waals surface area contributed by atoms with Crippen LogP contribution in [0.5, 0.6) is 11.5 Å². The van der Waals surface area contributed by atoms with Crippen molar-refractivity contribution in [1.29, 1.82) is 0 Å². The van der Waals surface area contributed by atoms with E-state index >= 15 is 0 Å². The Hall–Kier alpha value is -2.79. The Morgan fingerprint density at radius 1 is 1.12 bits per heavy atom. The van der Waals surface area contributed by atoms with Crippen LogP contribution < -0.4 is 14.8 Å². The van der Waals surface area contributed by atoms with Crippen LogP contribution in [0.4, 0.5) is 5.69 Å². The van der Waals surface area contributed by atoms with Crippen LogP contribution >= 0.6 is 0 Å². The Balaban J connectivity index is 1.96. The highest BCUT2D eigenvalue weighted by molar-refractivity contribution is 5.92. The topological polar surface area (TPSA) is 56.8 Å². The fourth-order valence-corrected chi connectivity index (χ4v) is 2.35. The number of nitrogens with one attached hydrogen (secondary N) is 1. The zero-order valence-electron chi connectivity index (χ0n) is 14.7. The molecule has 0 spiro atoms. The van der Waals surface area contributed by atoms with Gasteiger partial charge in [-0.1, -0.05) is 30.4 Å². The number of ether oxygens (including phenoxy) is 3. The van der Waals surface area contributed by atoms with Gasteiger partial charge in [-0.15, -0.1) is 0 Å². The summed E-state index contributed by atoms with van der Waals surface area (Å²) in [6.45, 7) is 2.34. The van der Waals surface area contributed by atoms with E-state index in [1.54, 1.807) is 20.3 Å². The predicted molar refractivity (Wildman–Crippen MR) is 99.0 cm³/mol. The summed E-state index contributed by atoms with van der Waals surface area (Å²) in [5.41, 5.74) is 2.70. The van der Waals surface area contributed by atoms with Crippen LogP contribution in [0.15, 0.2) is 48.5 Å². The van der Waals surface area contributed by atoms with Gasteiger partial charge in [-0.25, -0.2) is 0 Å². The molecule has 2 rings (SSSR count). The normalized spacial score (nSPS) is 10.7. The van der Waals surface area contributed by atoms with Gasteiger partial charge in [0.1, 0.15) is 0 Å². The number of rotatable bonds is 8. The molecule has 0 bridgehead atoms. The number of carbonyl (C=O) groups excluding carboxylic acids is 1. The van der Waals surface area contributed by atoms with Gasteiger partial charge in [0.25, 0.3) is 5.91 Å². The molecule has 1 N–H and O–H groups in total. The maximum atomic E-state index is 12.1. The Labute approximate surface area is 148 Å². The molecule has 2 aromatic carbocycles. The quantitative estimate of drug-likeness (QED) is 0.791. The van der Waals surface area contributed by atoms with Crippen LogP contribution in [0.25, 0.3) is 6.08 Å². The van der Waals surface area contributed by atoms with E-state index in [-0.39, 0.29) is 12.5 Å². The molecule has 0 atom stereocenters. The summed E-state index contributed by atoms with van der Waals surface area (Å²) in [5, 5.41) is 2.81. The van der Waals surface area contributed by atoms with Crippen LogP contribution in [0.1, 0.15) is 18.1 Å². The summed E-state index contributed by atoms with van der Waals surface area (Å²) in [5.74, 6) is 0.874. The summed E-state index contributed by atoms with van der Waals surface area (Å²) < 4.78 is 16.0. The Kier molecular flexibility index (Phi) is 7.04. The molecule has 5 nitrogen and oxygen atoms in total. The monoisotopic (exact) mass is 341 g/mol. The second-order valence-corrected chi connectivity index (χ2v) is 5.38. The van der Waals surface area contributed by atoms with Gasteiger partial charge in [0, 0.05) is 12.8 Å². The summed E-state index contributed by atoms with van der Waals surface area (Å²) in [6, 6.07) is 13.1. The highest BCUT2D eigenvalue weighted by Gasteiger charge is 2.09. The molecule has 5 heteroatoms. The van der Waals surface area contributed by atoms with E-state index in [4.69, 9.17) is 14.2 Å². The van der Waals surface area contributed by atoms with Gasteiger partial charge in [-0.05, 0) is 42.3 Å². The van der Waals surface area contributed by atoms with Crippen LogP contribution in [-0.4, -0.2) is 26.7 Å². The number of carbonyl (C=O) groups is 1. The van der Waals surface area contributed by atoms with E-state index in [0.29, 0.717) is 23.8 Å². The van der Waals surface area contributed by atoms with Crippen molar-refractivity contribution in [3.63, 3.8) is 0 Å². The Morgan fingerprint density at radius 2 is 1.96 bits per heavy atom. The lowest BCUT2D eigenvalue weighted by atomic mass is 10.2. The summed E-state index contributed by atoms with van der Waals surface area (Å²) in [4.78, 5) is 12.1. The molecule has 0 heterocycles. The third-order valence-corrected chi connectivity index (χ3v) is 3.43. The van der Waals surface area contributed by atoms with E-state index < -0.39 is 0 Å². The molecule has 0 saturated carbocycles. The molecule has 0 unspecified atom stereocenters. The van der Waals surface area contributed by atoms with Crippen molar-refractivity contribution >= 4 is 17.7 Å². The fourth-order valence-electron chi connectivity index (χ4n) is 2.35. The lowest BCUT2D eigenvalue weighted by molar-refractivity contribution is -0.118. The highest BCUT2D eigenvalue weighted by atomic mass is 16.5. The van der Waals surface area contributed by atoms with Crippen molar-refractivity contribution < 1.29 is 19.0 Å². The first-order chi connectivity index (χ1) is 12.2. The Morgan fingerprint density at radius 3 is 2.68 bits per heavy atom. The number of methoxy groups -OCH3 is 2. The molecular formula is C20H23NO4. The highest BCUT2D eigenvalue weighted by Crippen LogP contribution is 2.28. The number of hydrogen-bond acceptors (Lipinski definition) is 4. The second-order valence-electron chi connectivity index (χ2n) is 5.38. The van der Waals surface area contributed by atoms with Crippen LogP contribution in [-0.2, 0) is 16.1 Å². The van der Waals surface area contributed by atoms with Gasteiger partial charge in [-0.3, -0.25) is 4.79 Å². The van der Waals surface area contributed by atoms with Gasteiger partial charge in [-0.2, -0.15) is 0 Å². The zero-order valence-corrected chi connectivity index (χ0v) is 14.7. The van der Waals surface area contributed by atoms with Crippen LogP contribution in [0.2, 0.25) is 0 Å². The lowest BCUT2D eigenvalue weighted by Gasteiger charge is -2.12. The molecular weight excluding hydrogens is 318 g/mol. The summed E-state index contributed by atoms with van der Waals surface area (Å²) in [7, 11) is 3.21. The summed E-state index contributed by atoms with van der Waals surface area (Å²) in [6.07, 6.45) is 3.91. The van der Waals surface area contributed by atoms with Gasteiger partial charge in [0.05, 0.1) is 13.7 Å². The molecule has 0 aliphatic heterocycles. The van der Waals surface area contributed by atoms with E-state index in [1.807, 2.05) is 55.5 Å². The number of benzene rings is 2. The van der Waals surface area contributed by atoms with Crippen molar-refractivity contribution in [3.8, 4) is 11.5 Å². The van der Waals surface area contributed by atoms with E-state index in [1.165, 1.54) is 0 Å². The first-order valence-corrected chi connectivity index (χ1v) is 7.97. The zero-order chi connectivity index (χ0) is 18.1. The molecule has 0 aromatic heterocycles. The summed E-state index contributed by atoms with van der Waals surface area (Å²) >= 11 is 0. The largest absolute Gasteiger partial charge is 0.493 e. The van der Waals surface area contributed by atoms with Crippen molar-refractivity contribution in [1.82, 2.24) is 0 Å². The first-order valence-electron chi connectivity index (χ1n) is 7.97. The van der Waals surface area contributed by atoms with Crippen molar-refractivity contribution in [2.45, 2.75) is 13.5 Å². The standard InChI is InChI=1S/C20H23NO4/c1-4-6-15-9-10-18(19(12-15)24-3)25-14-20(22)21-17-8-5-7-16(11-17)13-23-2/h4-12H,13-14H2,1-3H3,(H,21,22)/b6-4+.